The van der Waals surface area contributed by atoms with Crippen molar-refractivity contribution in [1.82, 2.24) is 9.97 Å². The van der Waals surface area contributed by atoms with Crippen molar-refractivity contribution in [2.24, 2.45) is 0 Å². The highest BCUT2D eigenvalue weighted by atomic mass is 16.3. The van der Waals surface area contributed by atoms with E-state index in [0.717, 1.165) is 16.3 Å². The van der Waals surface area contributed by atoms with Gasteiger partial charge in [-0.3, -0.25) is 9.78 Å². The number of aromatic nitrogens is 2. The van der Waals surface area contributed by atoms with Crippen LogP contribution in [0.1, 0.15) is 10.4 Å². The molecular formula is C23H15N3O2. The number of hydrogen-bond donors (Lipinski definition) is 1. The normalized spacial score (nSPS) is 11.0. The average Bonchev–Trinajstić information content (AvgIpc) is 3.17. The van der Waals surface area contributed by atoms with Crippen LogP contribution >= 0.6 is 0 Å². The fourth-order valence-corrected chi connectivity index (χ4v) is 3.24. The highest BCUT2D eigenvalue weighted by Crippen LogP contribution is 2.26. The predicted molar refractivity (Wildman–Crippen MR) is 109 cm³/mol. The number of fused-ring (bicyclic) bond motifs is 2. The Morgan fingerprint density at radius 3 is 2.71 bits per heavy atom. The van der Waals surface area contributed by atoms with Crippen LogP contribution in [0.15, 0.2) is 89.6 Å². The monoisotopic (exact) mass is 365 g/mol. The van der Waals surface area contributed by atoms with Crippen LogP contribution in [0, 0.1) is 0 Å². The number of carbonyl (C=O) groups is 1. The summed E-state index contributed by atoms with van der Waals surface area (Å²) in [4.78, 5) is 21.4. The van der Waals surface area contributed by atoms with Gasteiger partial charge in [-0.05, 0) is 47.2 Å². The minimum Gasteiger partial charge on any atom is -0.436 e. The van der Waals surface area contributed by atoms with Gasteiger partial charge in [-0.1, -0.05) is 36.4 Å². The van der Waals surface area contributed by atoms with Crippen LogP contribution in [0.25, 0.3) is 33.3 Å². The molecule has 0 aliphatic rings. The number of nitrogens with one attached hydrogen (secondary N) is 1. The van der Waals surface area contributed by atoms with Crippen LogP contribution in [0.5, 0.6) is 0 Å². The molecule has 2 aromatic heterocycles. The quantitative estimate of drug-likeness (QED) is 0.471. The van der Waals surface area contributed by atoms with Gasteiger partial charge in [0.05, 0.1) is 5.56 Å². The van der Waals surface area contributed by atoms with Gasteiger partial charge >= 0.3 is 0 Å². The van der Waals surface area contributed by atoms with Gasteiger partial charge in [0.2, 0.25) is 5.89 Å². The number of oxazole rings is 1. The number of hydrogen-bond acceptors (Lipinski definition) is 4. The van der Waals surface area contributed by atoms with Crippen LogP contribution in [0.3, 0.4) is 0 Å². The fraction of sp³-hybridized carbons (Fsp3) is 0. The van der Waals surface area contributed by atoms with E-state index in [2.05, 4.69) is 15.3 Å². The summed E-state index contributed by atoms with van der Waals surface area (Å²) in [5.74, 6) is 0.341. The summed E-state index contributed by atoms with van der Waals surface area (Å²) in [6.07, 6.45) is 3.40. The molecule has 5 rings (SSSR count). The lowest BCUT2D eigenvalue weighted by molar-refractivity contribution is 0.102. The molecule has 0 aliphatic carbocycles. The Morgan fingerprint density at radius 1 is 0.929 bits per heavy atom. The second kappa shape index (κ2) is 6.63. The van der Waals surface area contributed by atoms with Crippen molar-refractivity contribution in [2.75, 3.05) is 5.32 Å². The summed E-state index contributed by atoms with van der Waals surface area (Å²) in [5.41, 5.74) is 3.43. The molecule has 0 atom stereocenters. The summed E-state index contributed by atoms with van der Waals surface area (Å²) in [7, 11) is 0. The van der Waals surface area contributed by atoms with Gasteiger partial charge in [0.1, 0.15) is 5.52 Å². The van der Waals surface area contributed by atoms with E-state index in [1.54, 1.807) is 18.5 Å². The number of pyridine rings is 1. The van der Waals surface area contributed by atoms with E-state index < -0.39 is 0 Å². The molecule has 5 nitrogen and oxygen atoms in total. The lowest BCUT2D eigenvalue weighted by Crippen LogP contribution is -2.12. The van der Waals surface area contributed by atoms with Gasteiger partial charge in [-0.25, -0.2) is 4.98 Å². The average molecular weight is 365 g/mol. The lowest BCUT2D eigenvalue weighted by Gasteiger charge is -2.08. The SMILES string of the molecule is O=C(Nc1ccc2oc(-c3cccnc3)nc2c1)c1cccc2ccccc12. The number of nitrogens with zero attached hydrogens (tertiary/aromatic N) is 2. The summed E-state index contributed by atoms with van der Waals surface area (Å²) in [6, 6.07) is 22.7. The van der Waals surface area contributed by atoms with Crippen molar-refractivity contribution in [3.8, 4) is 11.5 Å². The van der Waals surface area contributed by atoms with Crippen molar-refractivity contribution in [2.45, 2.75) is 0 Å². The Hall–Kier alpha value is -3.99. The number of benzene rings is 3. The Bertz CT molecular complexity index is 1300. The first-order valence-electron chi connectivity index (χ1n) is 8.88. The van der Waals surface area contributed by atoms with Crippen LogP contribution < -0.4 is 5.32 Å². The maximum Gasteiger partial charge on any atom is 0.256 e. The second-order valence-corrected chi connectivity index (χ2v) is 6.42. The molecule has 2 heterocycles. The molecule has 5 heteroatoms. The maximum absolute atomic E-state index is 12.8. The lowest BCUT2D eigenvalue weighted by atomic mass is 10.0. The van der Waals surface area contributed by atoms with E-state index in [1.807, 2.05) is 66.7 Å². The molecule has 0 unspecified atom stereocenters. The minimum atomic E-state index is -0.160. The third kappa shape index (κ3) is 2.89. The maximum atomic E-state index is 12.8. The van der Waals surface area contributed by atoms with Crippen molar-refractivity contribution in [1.29, 1.82) is 0 Å². The zero-order valence-electron chi connectivity index (χ0n) is 14.8. The highest BCUT2D eigenvalue weighted by Gasteiger charge is 2.12. The summed E-state index contributed by atoms with van der Waals surface area (Å²) in [6.45, 7) is 0. The Morgan fingerprint density at radius 2 is 1.82 bits per heavy atom. The van der Waals surface area contributed by atoms with Crippen molar-refractivity contribution in [3.05, 3.63) is 90.8 Å². The molecule has 1 N–H and O–H groups in total. The molecule has 0 spiro atoms. The fourth-order valence-electron chi connectivity index (χ4n) is 3.24. The van der Waals surface area contributed by atoms with Crippen LogP contribution in [-0.2, 0) is 0 Å². The molecule has 3 aromatic carbocycles. The zero-order chi connectivity index (χ0) is 18.9. The summed E-state index contributed by atoms with van der Waals surface area (Å²) >= 11 is 0. The molecule has 5 aromatic rings. The van der Waals surface area contributed by atoms with Gasteiger partial charge in [-0.15, -0.1) is 0 Å². The van der Waals surface area contributed by atoms with E-state index in [4.69, 9.17) is 4.42 Å². The Balaban J connectivity index is 1.47. The van der Waals surface area contributed by atoms with Gasteiger partial charge < -0.3 is 9.73 Å². The first-order chi connectivity index (χ1) is 13.8. The van der Waals surface area contributed by atoms with Crippen molar-refractivity contribution >= 4 is 33.5 Å². The van der Waals surface area contributed by atoms with Gasteiger partial charge in [0.15, 0.2) is 5.58 Å². The zero-order valence-corrected chi connectivity index (χ0v) is 14.8. The molecule has 0 bridgehead atoms. The Kier molecular flexibility index (Phi) is 3.84. The van der Waals surface area contributed by atoms with Gasteiger partial charge in [0, 0.05) is 23.6 Å². The van der Waals surface area contributed by atoms with Crippen molar-refractivity contribution < 1.29 is 9.21 Å². The van der Waals surface area contributed by atoms with E-state index in [9.17, 15) is 4.79 Å². The molecule has 0 fully saturated rings. The molecule has 1 amide bonds. The summed E-state index contributed by atoms with van der Waals surface area (Å²) in [5, 5.41) is 4.91. The van der Waals surface area contributed by atoms with E-state index in [1.165, 1.54) is 0 Å². The van der Waals surface area contributed by atoms with Crippen LogP contribution in [-0.4, -0.2) is 15.9 Å². The third-order valence-electron chi connectivity index (χ3n) is 4.59. The molecule has 0 aliphatic heterocycles. The topological polar surface area (TPSA) is 68.0 Å². The Labute approximate surface area is 160 Å². The number of amides is 1. The molecule has 28 heavy (non-hydrogen) atoms. The molecule has 134 valence electrons. The molecule has 0 saturated carbocycles. The number of rotatable bonds is 3. The van der Waals surface area contributed by atoms with Crippen molar-refractivity contribution in [3.63, 3.8) is 0 Å². The van der Waals surface area contributed by atoms with E-state index in [0.29, 0.717) is 28.2 Å². The molecule has 0 saturated heterocycles. The van der Waals surface area contributed by atoms with Crippen LogP contribution in [0.4, 0.5) is 5.69 Å². The van der Waals surface area contributed by atoms with E-state index >= 15 is 0 Å². The van der Waals surface area contributed by atoms with Gasteiger partial charge in [-0.2, -0.15) is 0 Å². The highest BCUT2D eigenvalue weighted by molar-refractivity contribution is 6.13. The largest absolute Gasteiger partial charge is 0.436 e. The standard InChI is InChI=1S/C23H15N3O2/c27-22(19-9-3-6-15-5-1-2-8-18(15)19)25-17-10-11-21-20(13-17)26-23(28-21)16-7-4-12-24-14-16/h1-14H,(H,25,27). The smallest absolute Gasteiger partial charge is 0.256 e. The predicted octanol–water partition coefficient (Wildman–Crippen LogP) is 5.30. The van der Waals surface area contributed by atoms with E-state index in [-0.39, 0.29) is 5.91 Å². The van der Waals surface area contributed by atoms with Crippen LogP contribution in [0.2, 0.25) is 0 Å². The summed E-state index contributed by atoms with van der Waals surface area (Å²) < 4.78 is 5.79. The molecular weight excluding hydrogens is 350 g/mol. The number of anilines is 1. The minimum absolute atomic E-state index is 0.160. The third-order valence-corrected chi connectivity index (χ3v) is 4.59. The molecule has 0 radical (unpaired) electrons. The number of carbonyl (C=O) groups excluding carboxylic acids is 1. The first-order valence-corrected chi connectivity index (χ1v) is 8.88. The second-order valence-electron chi connectivity index (χ2n) is 6.42. The first kappa shape index (κ1) is 16.2. The van der Waals surface area contributed by atoms with Gasteiger partial charge in [0.25, 0.3) is 5.91 Å².